The summed E-state index contributed by atoms with van der Waals surface area (Å²) >= 11 is 0.618. The fourth-order valence-electron chi connectivity index (χ4n) is 1.86. The number of para-hydroxylation sites is 1. The van der Waals surface area contributed by atoms with Gasteiger partial charge in [0.05, 0.1) is 10.2 Å². The van der Waals surface area contributed by atoms with E-state index in [1.54, 1.807) is 12.1 Å². The van der Waals surface area contributed by atoms with Crippen molar-refractivity contribution in [1.29, 1.82) is 0 Å². The Hall–Kier alpha value is -2.04. The summed E-state index contributed by atoms with van der Waals surface area (Å²) in [6.45, 7) is 1.14. The zero-order valence-electron chi connectivity index (χ0n) is 12.0. The molecule has 0 atom stereocenters. The van der Waals surface area contributed by atoms with Crippen LogP contribution < -0.4 is 10.6 Å². The van der Waals surface area contributed by atoms with Crippen molar-refractivity contribution in [2.24, 2.45) is 0 Å². The van der Waals surface area contributed by atoms with Crippen molar-refractivity contribution < 1.29 is 31.1 Å². The van der Waals surface area contributed by atoms with E-state index in [0.717, 1.165) is 12.2 Å². The maximum atomic E-state index is 13.3. The average molecular weight is 371 g/mol. The van der Waals surface area contributed by atoms with Gasteiger partial charge in [-0.25, -0.2) is 4.98 Å². The number of nitrogens with one attached hydrogen (secondary N) is 2. The van der Waals surface area contributed by atoms with Crippen molar-refractivity contribution in [3.8, 4) is 0 Å². The fraction of sp³-hybridized carbons (Fsp3) is 0.385. The Morgan fingerprint density at radius 3 is 2.21 bits per heavy atom. The van der Waals surface area contributed by atoms with Crippen LogP contribution >= 0.6 is 11.3 Å². The number of hydrogen-bond acceptors (Lipinski definition) is 4. The molecule has 1 amide bonds. The van der Waals surface area contributed by atoms with Gasteiger partial charge in [-0.15, -0.1) is 0 Å². The van der Waals surface area contributed by atoms with Crippen LogP contribution in [0, 0.1) is 0 Å². The quantitative estimate of drug-likeness (QED) is 0.630. The van der Waals surface area contributed by atoms with Crippen LogP contribution in [0.2, 0.25) is 0 Å². The lowest BCUT2D eigenvalue weighted by molar-refractivity contribution is -0.295. The molecule has 0 aliphatic carbocycles. The Morgan fingerprint density at radius 1 is 1.12 bits per heavy atom. The van der Waals surface area contributed by atoms with Crippen LogP contribution in [0.1, 0.15) is 13.3 Å². The second kappa shape index (κ2) is 6.11. The Kier molecular flexibility index (Phi) is 4.66. The molecule has 0 radical (unpaired) electrons. The molecule has 0 saturated heterocycles. The van der Waals surface area contributed by atoms with E-state index >= 15 is 0 Å². The molecule has 4 nitrogen and oxygen atoms in total. The number of rotatable bonds is 4. The van der Waals surface area contributed by atoms with Crippen molar-refractivity contribution in [2.45, 2.75) is 31.4 Å². The number of anilines is 1. The van der Waals surface area contributed by atoms with Gasteiger partial charge in [0, 0.05) is 6.42 Å². The smallest absolute Gasteiger partial charge is 0.324 e. The molecule has 1 heterocycles. The average Bonchev–Trinajstić information content (AvgIpc) is 2.86. The molecule has 2 aromatic rings. The molecule has 2 rings (SSSR count). The van der Waals surface area contributed by atoms with Crippen LogP contribution in [0.5, 0.6) is 0 Å². The molecular formula is C13H11F6N3OS. The van der Waals surface area contributed by atoms with Gasteiger partial charge in [-0.3, -0.25) is 4.79 Å². The SMILES string of the molecule is CCC(=O)NC(Nc1nc2ccccc2s1)(C(F)(F)F)C(F)(F)F. The molecule has 0 bridgehead atoms. The van der Waals surface area contributed by atoms with Gasteiger partial charge < -0.3 is 10.6 Å². The van der Waals surface area contributed by atoms with Crippen molar-refractivity contribution in [1.82, 2.24) is 10.3 Å². The number of hydrogen-bond donors (Lipinski definition) is 2. The third-order valence-corrected chi connectivity index (χ3v) is 4.04. The van der Waals surface area contributed by atoms with Gasteiger partial charge in [0.25, 0.3) is 0 Å². The highest BCUT2D eigenvalue weighted by molar-refractivity contribution is 7.22. The number of nitrogens with zero attached hydrogens (tertiary/aromatic N) is 1. The third kappa shape index (κ3) is 3.25. The van der Waals surface area contributed by atoms with Gasteiger partial charge in [0.1, 0.15) is 0 Å². The van der Waals surface area contributed by atoms with Crippen LogP contribution in [0.15, 0.2) is 24.3 Å². The molecule has 1 aromatic heterocycles. The second-order valence-electron chi connectivity index (χ2n) is 4.76. The van der Waals surface area contributed by atoms with Gasteiger partial charge >= 0.3 is 18.0 Å². The first-order valence-electron chi connectivity index (χ1n) is 6.58. The van der Waals surface area contributed by atoms with Crippen LogP contribution in [0.25, 0.3) is 10.2 Å². The summed E-state index contributed by atoms with van der Waals surface area (Å²) < 4.78 is 80.1. The van der Waals surface area contributed by atoms with Gasteiger partial charge in [-0.2, -0.15) is 26.3 Å². The molecule has 0 unspecified atom stereocenters. The van der Waals surface area contributed by atoms with Gasteiger partial charge in [0.2, 0.25) is 5.91 Å². The minimum atomic E-state index is -5.84. The third-order valence-electron chi connectivity index (χ3n) is 3.09. The highest BCUT2D eigenvalue weighted by Crippen LogP contribution is 2.44. The summed E-state index contributed by atoms with van der Waals surface area (Å²) in [5, 5.41) is 1.76. The topological polar surface area (TPSA) is 54.0 Å². The van der Waals surface area contributed by atoms with Crippen molar-refractivity contribution in [2.75, 3.05) is 5.32 Å². The van der Waals surface area contributed by atoms with E-state index < -0.39 is 35.5 Å². The first-order chi connectivity index (χ1) is 11.0. The van der Waals surface area contributed by atoms with E-state index in [1.807, 2.05) is 0 Å². The molecule has 0 spiro atoms. The number of amides is 1. The Morgan fingerprint density at radius 2 is 1.71 bits per heavy atom. The Bertz CT molecular complexity index is 692. The van der Waals surface area contributed by atoms with Crippen LogP contribution in [0.3, 0.4) is 0 Å². The Labute approximate surface area is 135 Å². The molecule has 0 fully saturated rings. The van der Waals surface area contributed by atoms with Crippen molar-refractivity contribution >= 4 is 32.6 Å². The summed E-state index contributed by atoms with van der Waals surface area (Å²) in [5.41, 5.74) is -4.38. The molecule has 1 aromatic carbocycles. The number of halogens is 6. The monoisotopic (exact) mass is 371 g/mol. The first kappa shape index (κ1) is 18.3. The number of thiazole rings is 1. The van der Waals surface area contributed by atoms with E-state index in [0.29, 0.717) is 16.0 Å². The predicted octanol–water partition coefficient (Wildman–Crippen LogP) is 4.06. The lowest BCUT2D eigenvalue weighted by Crippen LogP contribution is -2.72. The number of fused-ring (bicyclic) bond motifs is 1. The minimum absolute atomic E-state index is 0.241. The molecule has 24 heavy (non-hydrogen) atoms. The molecule has 11 heteroatoms. The van der Waals surface area contributed by atoms with E-state index in [2.05, 4.69) is 4.98 Å². The summed E-state index contributed by atoms with van der Waals surface area (Å²) in [7, 11) is 0. The number of aromatic nitrogens is 1. The zero-order chi connectivity index (χ0) is 18.2. The number of carbonyl (C=O) groups is 1. The summed E-state index contributed by atoms with van der Waals surface area (Å²) in [5.74, 6) is -1.40. The van der Waals surface area contributed by atoms with Crippen molar-refractivity contribution in [3.05, 3.63) is 24.3 Å². The lowest BCUT2D eigenvalue weighted by atomic mass is 10.1. The number of carbonyl (C=O) groups excluding carboxylic acids is 1. The first-order valence-corrected chi connectivity index (χ1v) is 7.40. The summed E-state index contributed by atoms with van der Waals surface area (Å²) in [6.07, 6.45) is -12.2. The largest absolute Gasteiger partial charge is 0.439 e. The Balaban J connectivity index is 2.53. The molecule has 132 valence electrons. The molecule has 0 saturated carbocycles. The van der Waals surface area contributed by atoms with Gasteiger partial charge in [0.15, 0.2) is 5.13 Å². The molecular weight excluding hydrogens is 360 g/mol. The summed E-state index contributed by atoms with van der Waals surface area (Å²) in [4.78, 5) is 15.0. The normalized spacial score (nSPS) is 13.1. The number of benzene rings is 1. The van der Waals surface area contributed by atoms with Crippen LogP contribution in [0.4, 0.5) is 31.5 Å². The van der Waals surface area contributed by atoms with Gasteiger partial charge in [-0.05, 0) is 12.1 Å². The lowest BCUT2D eigenvalue weighted by Gasteiger charge is -2.38. The van der Waals surface area contributed by atoms with Crippen molar-refractivity contribution in [3.63, 3.8) is 0 Å². The highest BCUT2D eigenvalue weighted by Gasteiger charge is 2.72. The number of alkyl halides is 6. The molecule has 0 aliphatic heterocycles. The fourth-order valence-corrected chi connectivity index (χ4v) is 2.78. The van der Waals surface area contributed by atoms with E-state index in [9.17, 15) is 31.1 Å². The molecule has 0 aliphatic rings. The standard InChI is InChI=1S/C13H11F6N3OS/c1-2-9(23)21-11(12(14,15)16,13(17,18)19)22-10-20-7-5-3-4-6-8(7)24-10/h3-6H,2H2,1H3,(H,20,22)(H,21,23). The van der Waals surface area contributed by atoms with E-state index in [4.69, 9.17) is 0 Å². The van der Waals surface area contributed by atoms with Crippen LogP contribution in [-0.2, 0) is 4.79 Å². The minimum Gasteiger partial charge on any atom is -0.324 e. The van der Waals surface area contributed by atoms with Crippen LogP contribution in [-0.4, -0.2) is 28.9 Å². The van der Waals surface area contributed by atoms with E-state index in [-0.39, 0.29) is 5.52 Å². The molecule has 2 N–H and O–H groups in total. The maximum absolute atomic E-state index is 13.3. The summed E-state index contributed by atoms with van der Waals surface area (Å²) in [6, 6.07) is 6.07. The van der Waals surface area contributed by atoms with E-state index in [1.165, 1.54) is 17.4 Å². The predicted molar refractivity (Wildman–Crippen MR) is 76.5 cm³/mol. The highest BCUT2D eigenvalue weighted by atomic mass is 32.1. The second-order valence-corrected chi connectivity index (χ2v) is 5.79. The zero-order valence-corrected chi connectivity index (χ0v) is 12.9. The maximum Gasteiger partial charge on any atom is 0.439 e. The van der Waals surface area contributed by atoms with Gasteiger partial charge in [-0.1, -0.05) is 30.4 Å².